The third-order valence-electron chi connectivity index (χ3n) is 6.44. The molecule has 2 aromatic carbocycles. The van der Waals surface area contributed by atoms with Gasteiger partial charge in [0.2, 0.25) is 5.91 Å². The summed E-state index contributed by atoms with van der Waals surface area (Å²) in [5, 5.41) is 6.13. The highest BCUT2D eigenvalue weighted by Gasteiger charge is 2.40. The van der Waals surface area contributed by atoms with Crippen molar-refractivity contribution >= 4 is 11.8 Å². The highest BCUT2D eigenvalue weighted by molar-refractivity contribution is 5.94. The molecule has 0 bridgehead atoms. The van der Waals surface area contributed by atoms with E-state index in [1.54, 1.807) is 7.11 Å². The van der Waals surface area contributed by atoms with Crippen molar-refractivity contribution in [1.82, 2.24) is 10.6 Å². The number of hydrogen-bond donors (Lipinski definition) is 2. The summed E-state index contributed by atoms with van der Waals surface area (Å²) in [6.07, 6.45) is 5.90. The second kappa shape index (κ2) is 10.5. The molecule has 0 aliphatic heterocycles. The second-order valence-corrected chi connectivity index (χ2v) is 8.53. The first-order valence-electron chi connectivity index (χ1n) is 11.3. The molecule has 0 saturated heterocycles. The SMILES string of the molecule is CC[C@@H](C)NC(=O)c1ccc(CNC(=O)C2(c3ccc(OC)cc3)CCCCC2)cc1. The van der Waals surface area contributed by atoms with Gasteiger partial charge in [-0.1, -0.05) is 50.5 Å². The maximum absolute atomic E-state index is 13.4. The Morgan fingerprint density at radius 3 is 2.23 bits per heavy atom. The van der Waals surface area contributed by atoms with Gasteiger partial charge in [0.1, 0.15) is 5.75 Å². The van der Waals surface area contributed by atoms with Gasteiger partial charge in [-0.05, 0) is 61.6 Å². The molecule has 5 nitrogen and oxygen atoms in total. The smallest absolute Gasteiger partial charge is 0.251 e. The van der Waals surface area contributed by atoms with Crippen LogP contribution in [0.3, 0.4) is 0 Å². The van der Waals surface area contributed by atoms with E-state index in [2.05, 4.69) is 10.6 Å². The molecule has 0 radical (unpaired) electrons. The molecule has 166 valence electrons. The van der Waals surface area contributed by atoms with E-state index in [1.807, 2.05) is 62.4 Å². The van der Waals surface area contributed by atoms with E-state index in [9.17, 15) is 9.59 Å². The maximum Gasteiger partial charge on any atom is 0.251 e. The lowest BCUT2D eigenvalue weighted by atomic mass is 9.68. The molecule has 0 unspecified atom stereocenters. The molecular formula is C26H34N2O3. The molecule has 2 N–H and O–H groups in total. The predicted molar refractivity (Wildman–Crippen MR) is 123 cm³/mol. The predicted octanol–water partition coefficient (Wildman–Crippen LogP) is 4.74. The Morgan fingerprint density at radius 2 is 1.65 bits per heavy atom. The average molecular weight is 423 g/mol. The van der Waals surface area contributed by atoms with Crippen LogP contribution < -0.4 is 15.4 Å². The number of hydrogen-bond acceptors (Lipinski definition) is 3. The van der Waals surface area contributed by atoms with Crippen LogP contribution in [0.4, 0.5) is 0 Å². The fourth-order valence-corrected chi connectivity index (χ4v) is 4.25. The van der Waals surface area contributed by atoms with Crippen LogP contribution in [0.5, 0.6) is 5.75 Å². The van der Waals surface area contributed by atoms with Crippen molar-refractivity contribution in [1.29, 1.82) is 0 Å². The number of methoxy groups -OCH3 is 1. The van der Waals surface area contributed by atoms with Crippen LogP contribution >= 0.6 is 0 Å². The first-order chi connectivity index (χ1) is 15.0. The number of benzene rings is 2. The Morgan fingerprint density at radius 1 is 1.00 bits per heavy atom. The Kier molecular flexibility index (Phi) is 7.72. The lowest BCUT2D eigenvalue weighted by Crippen LogP contribution is -2.45. The van der Waals surface area contributed by atoms with Crippen molar-refractivity contribution in [3.05, 3.63) is 65.2 Å². The van der Waals surface area contributed by atoms with Crippen LogP contribution in [0.15, 0.2) is 48.5 Å². The van der Waals surface area contributed by atoms with E-state index in [0.29, 0.717) is 12.1 Å². The largest absolute Gasteiger partial charge is 0.497 e. The summed E-state index contributed by atoms with van der Waals surface area (Å²) in [6, 6.07) is 15.5. The summed E-state index contributed by atoms with van der Waals surface area (Å²) in [5.41, 5.74) is 2.19. The molecule has 1 aliphatic carbocycles. The molecule has 1 fully saturated rings. The van der Waals surface area contributed by atoms with Gasteiger partial charge in [-0.15, -0.1) is 0 Å². The van der Waals surface area contributed by atoms with Crippen LogP contribution in [0, 0.1) is 0 Å². The van der Waals surface area contributed by atoms with E-state index in [-0.39, 0.29) is 17.9 Å². The molecule has 1 saturated carbocycles. The maximum atomic E-state index is 13.4. The van der Waals surface area contributed by atoms with Gasteiger partial charge in [-0.3, -0.25) is 9.59 Å². The van der Waals surface area contributed by atoms with E-state index >= 15 is 0 Å². The van der Waals surface area contributed by atoms with Crippen LogP contribution in [0.1, 0.15) is 73.9 Å². The molecule has 3 rings (SSSR count). The highest BCUT2D eigenvalue weighted by atomic mass is 16.5. The van der Waals surface area contributed by atoms with E-state index in [4.69, 9.17) is 4.74 Å². The zero-order valence-corrected chi connectivity index (χ0v) is 18.9. The quantitative estimate of drug-likeness (QED) is 0.646. The zero-order valence-electron chi connectivity index (χ0n) is 18.9. The topological polar surface area (TPSA) is 67.4 Å². The standard InChI is InChI=1S/C26H34N2O3/c1-4-19(2)28-24(29)21-10-8-20(9-11-21)18-27-25(30)26(16-6-5-7-17-26)22-12-14-23(31-3)15-13-22/h8-15,19H,4-7,16-18H2,1-3H3,(H,27,30)(H,28,29)/t19-/m1/s1. The first-order valence-corrected chi connectivity index (χ1v) is 11.3. The van der Waals surface area contributed by atoms with E-state index in [1.165, 1.54) is 6.42 Å². The molecule has 0 aromatic heterocycles. The first kappa shape index (κ1) is 22.9. The fraction of sp³-hybridized carbons (Fsp3) is 0.462. The van der Waals surface area contributed by atoms with E-state index < -0.39 is 5.41 Å². The average Bonchev–Trinajstić information content (AvgIpc) is 2.83. The Hall–Kier alpha value is -2.82. The third-order valence-corrected chi connectivity index (χ3v) is 6.44. The monoisotopic (exact) mass is 422 g/mol. The van der Waals surface area contributed by atoms with Gasteiger partial charge in [0, 0.05) is 18.2 Å². The highest BCUT2D eigenvalue weighted by Crippen LogP contribution is 2.40. The van der Waals surface area contributed by atoms with Crippen molar-refractivity contribution in [3.8, 4) is 5.75 Å². The molecular weight excluding hydrogens is 388 g/mol. The summed E-state index contributed by atoms with van der Waals surface area (Å²) in [4.78, 5) is 25.6. The van der Waals surface area contributed by atoms with Crippen LogP contribution in [-0.4, -0.2) is 25.0 Å². The van der Waals surface area contributed by atoms with Crippen LogP contribution in [-0.2, 0) is 16.8 Å². The lowest BCUT2D eigenvalue weighted by Gasteiger charge is -2.36. The molecule has 1 aliphatic rings. The molecule has 0 heterocycles. The summed E-state index contributed by atoms with van der Waals surface area (Å²) < 4.78 is 5.28. The van der Waals surface area contributed by atoms with Crippen molar-refractivity contribution in [2.45, 2.75) is 70.4 Å². The lowest BCUT2D eigenvalue weighted by molar-refractivity contribution is -0.128. The van der Waals surface area contributed by atoms with Gasteiger partial charge in [-0.2, -0.15) is 0 Å². The minimum Gasteiger partial charge on any atom is -0.497 e. The number of nitrogens with one attached hydrogen (secondary N) is 2. The fourth-order valence-electron chi connectivity index (χ4n) is 4.25. The minimum atomic E-state index is -0.485. The Labute approximate surface area is 185 Å². The van der Waals surface area contributed by atoms with Crippen molar-refractivity contribution in [3.63, 3.8) is 0 Å². The van der Waals surface area contributed by atoms with Crippen molar-refractivity contribution in [2.75, 3.05) is 7.11 Å². The number of carbonyl (C=O) groups is 2. The van der Waals surface area contributed by atoms with Gasteiger partial charge < -0.3 is 15.4 Å². The third kappa shape index (κ3) is 5.46. The van der Waals surface area contributed by atoms with Gasteiger partial charge >= 0.3 is 0 Å². The summed E-state index contributed by atoms with van der Waals surface area (Å²) >= 11 is 0. The zero-order chi connectivity index (χ0) is 22.3. The Bertz CT molecular complexity index is 869. The van der Waals surface area contributed by atoms with Crippen molar-refractivity contribution in [2.24, 2.45) is 0 Å². The Balaban J connectivity index is 1.67. The normalized spacial score (nSPS) is 16.2. The number of amides is 2. The van der Waals surface area contributed by atoms with Crippen molar-refractivity contribution < 1.29 is 14.3 Å². The van der Waals surface area contributed by atoms with E-state index in [0.717, 1.165) is 49.0 Å². The molecule has 0 spiro atoms. The molecule has 5 heteroatoms. The second-order valence-electron chi connectivity index (χ2n) is 8.53. The van der Waals surface area contributed by atoms with Crippen LogP contribution in [0.25, 0.3) is 0 Å². The van der Waals surface area contributed by atoms with Gasteiger partial charge in [0.05, 0.1) is 12.5 Å². The summed E-state index contributed by atoms with van der Waals surface area (Å²) in [5.74, 6) is 0.814. The summed E-state index contributed by atoms with van der Waals surface area (Å²) in [7, 11) is 1.65. The number of rotatable bonds is 8. The van der Waals surface area contributed by atoms with Crippen LogP contribution in [0.2, 0.25) is 0 Å². The molecule has 1 atom stereocenters. The van der Waals surface area contributed by atoms with Gasteiger partial charge in [0.25, 0.3) is 5.91 Å². The molecule has 2 aromatic rings. The number of carbonyl (C=O) groups excluding carboxylic acids is 2. The number of ether oxygens (including phenoxy) is 1. The molecule has 31 heavy (non-hydrogen) atoms. The molecule has 2 amide bonds. The minimum absolute atomic E-state index is 0.0643. The van der Waals surface area contributed by atoms with Gasteiger partial charge in [-0.25, -0.2) is 0 Å². The van der Waals surface area contributed by atoms with Gasteiger partial charge in [0.15, 0.2) is 0 Å². The summed E-state index contributed by atoms with van der Waals surface area (Å²) in [6.45, 7) is 4.48.